The number of methoxy groups -OCH3 is 1. The van der Waals surface area contributed by atoms with Gasteiger partial charge >= 0.3 is 0 Å². The Morgan fingerprint density at radius 1 is 1.10 bits per heavy atom. The smallest absolute Gasteiger partial charge is 0.178 e. The van der Waals surface area contributed by atoms with Crippen LogP contribution in [0, 0.1) is 0 Å². The monoisotopic (exact) mass is 392 g/mol. The van der Waals surface area contributed by atoms with Gasteiger partial charge in [-0.2, -0.15) is 0 Å². The SMILES string of the molecule is COCCOCCOc1ccc(C(=O)C(C)(C)I)cc1. The van der Waals surface area contributed by atoms with Gasteiger partial charge in [0.05, 0.1) is 23.2 Å². The first-order valence-electron chi connectivity index (χ1n) is 6.48. The molecule has 0 N–H and O–H groups in total. The van der Waals surface area contributed by atoms with Gasteiger partial charge in [0.1, 0.15) is 12.4 Å². The molecule has 0 aliphatic carbocycles. The summed E-state index contributed by atoms with van der Waals surface area (Å²) in [6.45, 7) is 5.95. The van der Waals surface area contributed by atoms with Gasteiger partial charge in [-0.05, 0) is 38.1 Å². The average molecular weight is 392 g/mol. The molecule has 0 spiro atoms. The Kier molecular flexibility index (Phi) is 7.47. The number of alkyl halides is 1. The van der Waals surface area contributed by atoms with Crippen LogP contribution in [0.15, 0.2) is 24.3 Å². The summed E-state index contributed by atoms with van der Waals surface area (Å²) in [4.78, 5) is 12.1. The summed E-state index contributed by atoms with van der Waals surface area (Å²) < 4.78 is 15.3. The van der Waals surface area contributed by atoms with Gasteiger partial charge in [0.15, 0.2) is 5.78 Å². The minimum atomic E-state index is -0.394. The van der Waals surface area contributed by atoms with E-state index in [2.05, 4.69) is 22.6 Å². The van der Waals surface area contributed by atoms with Crippen LogP contribution in [0.4, 0.5) is 0 Å². The highest BCUT2D eigenvalue weighted by Crippen LogP contribution is 2.24. The largest absolute Gasteiger partial charge is 0.491 e. The predicted molar refractivity (Wildman–Crippen MR) is 87.1 cm³/mol. The van der Waals surface area contributed by atoms with Gasteiger partial charge in [-0.15, -0.1) is 0 Å². The van der Waals surface area contributed by atoms with Crippen molar-refractivity contribution in [3.8, 4) is 5.75 Å². The fraction of sp³-hybridized carbons (Fsp3) is 0.533. The van der Waals surface area contributed by atoms with Crippen LogP contribution in [0.1, 0.15) is 24.2 Å². The lowest BCUT2D eigenvalue weighted by Gasteiger charge is -2.14. The van der Waals surface area contributed by atoms with Crippen LogP contribution < -0.4 is 4.74 Å². The molecule has 0 amide bonds. The predicted octanol–water partition coefficient (Wildman–Crippen LogP) is 3.12. The lowest BCUT2D eigenvalue weighted by Crippen LogP contribution is -2.23. The fourth-order valence-electron chi connectivity index (χ4n) is 1.51. The molecule has 20 heavy (non-hydrogen) atoms. The van der Waals surface area contributed by atoms with E-state index in [1.807, 2.05) is 26.0 Å². The number of carbonyl (C=O) groups is 1. The van der Waals surface area contributed by atoms with E-state index in [-0.39, 0.29) is 5.78 Å². The molecule has 1 rings (SSSR count). The number of ether oxygens (including phenoxy) is 3. The molecule has 4 nitrogen and oxygen atoms in total. The maximum absolute atomic E-state index is 12.1. The molecule has 0 saturated heterocycles. The summed E-state index contributed by atoms with van der Waals surface area (Å²) in [7, 11) is 1.64. The lowest BCUT2D eigenvalue weighted by atomic mass is 10.0. The summed E-state index contributed by atoms with van der Waals surface area (Å²) in [5, 5.41) is 0. The maximum atomic E-state index is 12.1. The van der Waals surface area contributed by atoms with Crippen molar-refractivity contribution in [1.82, 2.24) is 0 Å². The summed E-state index contributed by atoms with van der Waals surface area (Å²) in [5.74, 6) is 0.857. The van der Waals surface area contributed by atoms with Crippen molar-refractivity contribution in [2.24, 2.45) is 0 Å². The van der Waals surface area contributed by atoms with Gasteiger partial charge in [-0.25, -0.2) is 0 Å². The number of halogens is 1. The van der Waals surface area contributed by atoms with Crippen molar-refractivity contribution in [2.45, 2.75) is 17.3 Å². The Labute approximate surface area is 133 Å². The topological polar surface area (TPSA) is 44.8 Å². The molecule has 0 saturated carbocycles. The minimum absolute atomic E-state index is 0.118. The van der Waals surface area contributed by atoms with Crippen molar-refractivity contribution in [2.75, 3.05) is 33.5 Å². The van der Waals surface area contributed by atoms with E-state index in [0.717, 1.165) is 5.75 Å². The van der Waals surface area contributed by atoms with Crippen LogP contribution in [0.3, 0.4) is 0 Å². The zero-order chi connectivity index (χ0) is 15.0. The number of ketones is 1. The molecule has 1 aromatic carbocycles. The second kappa shape index (κ2) is 8.59. The van der Waals surface area contributed by atoms with Gasteiger partial charge in [0.25, 0.3) is 0 Å². The molecule has 0 aromatic heterocycles. The first kappa shape index (κ1) is 17.4. The molecule has 5 heteroatoms. The van der Waals surface area contributed by atoms with Crippen LogP contribution in [0.2, 0.25) is 0 Å². The van der Waals surface area contributed by atoms with Crippen LogP contribution in [-0.4, -0.2) is 42.7 Å². The summed E-state index contributed by atoms with van der Waals surface area (Å²) >= 11 is 2.15. The number of carbonyl (C=O) groups excluding carboxylic acids is 1. The highest BCUT2D eigenvalue weighted by Gasteiger charge is 2.24. The lowest BCUT2D eigenvalue weighted by molar-refractivity contribution is 0.0544. The second-order valence-electron chi connectivity index (χ2n) is 4.78. The minimum Gasteiger partial charge on any atom is -0.491 e. The van der Waals surface area contributed by atoms with Gasteiger partial charge in [0, 0.05) is 12.7 Å². The number of rotatable bonds is 9. The van der Waals surface area contributed by atoms with E-state index in [0.29, 0.717) is 32.0 Å². The van der Waals surface area contributed by atoms with Crippen LogP contribution in [-0.2, 0) is 9.47 Å². The van der Waals surface area contributed by atoms with E-state index in [1.54, 1.807) is 19.2 Å². The standard InChI is InChI=1S/C15H21IO4/c1-15(2,16)14(17)12-4-6-13(7-5-12)20-11-10-19-9-8-18-3/h4-7H,8-11H2,1-3H3. The maximum Gasteiger partial charge on any atom is 0.178 e. The van der Waals surface area contributed by atoms with Gasteiger partial charge in [-0.3, -0.25) is 4.79 Å². The van der Waals surface area contributed by atoms with E-state index in [1.165, 1.54) is 0 Å². The molecule has 112 valence electrons. The van der Waals surface area contributed by atoms with E-state index in [4.69, 9.17) is 14.2 Å². The van der Waals surface area contributed by atoms with Crippen LogP contribution in [0.25, 0.3) is 0 Å². The average Bonchev–Trinajstić information content (AvgIpc) is 2.41. The summed E-state index contributed by atoms with van der Waals surface area (Å²) in [6.07, 6.45) is 0. The summed E-state index contributed by atoms with van der Waals surface area (Å²) in [5.41, 5.74) is 0.702. The quantitative estimate of drug-likeness (QED) is 0.280. The van der Waals surface area contributed by atoms with Crippen molar-refractivity contribution in [3.05, 3.63) is 29.8 Å². The van der Waals surface area contributed by atoms with E-state index < -0.39 is 3.42 Å². The first-order chi connectivity index (χ1) is 9.45. The molecule has 0 atom stereocenters. The normalized spacial score (nSPS) is 11.4. The van der Waals surface area contributed by atoms with Crippen molar-refractivity contribution in [3.63, 3.8) is 0 Å². The molecule has 0 unspecified atom stereocenters. The third-order valence-corrected chi connectivity index (χ3v) is 3.07. The number of benzene rings is 1. The van der Waals surface area contributed by atoms with Crippen LogP contribution in [0.5, 0.6) is 5.75 Å². The number of hydrogen-bond acceptors (Lipinski definition) is 4. The Balaban J connectivity index is 2.38. The number of hydrogen-bond donors (Lipinski definition) is 0. The highest BCUT2D eigenvalue weighted by atomic mass is 127. The molecule has 0 aliphatic rings. The van der Waals surface area contributed by atoms with Crippen molar-refractivity contribution in [1.29, 1.82) is 0 Å². The molecule has 0 fully saturated rings. The number of Topliss-reactive ketones (excluding diaryl/α,β-unsaturated/α-hetero) is 1. The summed E-state index contributed by atoms with van der Waals surface area (Å²) in [6, 6.07) is 7.21. The van der Waals surface area contributed by atoms with Gasteiger partial charge in [-0.1, -0.05) is 22.6 Å². The van der Waals surface area contributed by atoms with E-state index >= 15 is 0 Å². The third kappa shape index (κ3) is 6.19. The van der Waals surface area contributed by atoms with Crippen molar-refractivity contribution >= 4 is 28.4 Å². The Hall–Kier alpha value is -0.660. The molecule has 1 aromatic rings. The molecular formula is C15H21IO4. The van der Waals surface area contributed by atoms with Crippen LogP contribution >= 0.6 is 22.6 Å². The molecule has 0 heterocycles. The fourth-order valence-corrected chi connectivity index (χ4v) is 1.82. The zero-order valence-corrected chi connectivity index (χ0v) is 14.3. The van der Waals surface area contributed by atoms with Gasteiger partial charge in [0.2, 0.25) is 0 Å². The second-order valence-corrected chi connectivity index (χ2v) is 7.48. The zero-order valence-electron chi connectivity index (χ0n) is 12.1. The molecule has 0 radical (unpaired) electrons. The Morgan fingerprint density at radius 3 is 2.25 bits per heavy atom. The highest BCUT2D eigenvalue weighted by molar-refractivity contribution is 14.1. The molecular weight excluding hydrogens is 371 g/mol. The van der Waals surface area contributed by atoms with Gasteiger partial charge < -0.3 is 14.2 Å². The molecule has 0 bridgehead atoms. The Bertz CT molecular complexity index is 409. The first-order valence-corrected chi connectivity index (χ1v) is 7.56. The van der Waals surface area contributed by atoms with E-state index in [9.17, 15) is 4.79 Å². The van der Waals surface area contributed by atoms with Crippen molar-refractivity contribution < 1.29 is 19.0 Å². The third-order valence-electron chi connectivity index (χ3n) is 2.58. The Morgan fingerprint density at radius 2 is 1.70 bits per heavy atom. The molecule has 0 aliphatic heterocycles.